The Morgan fingerprint density at radius 3 is 2.86 bits per heavy atom. The highest BCUT2D eigenvalue weighted by Gasteiger charge is 2.31. The normalized spacial score (nSPS) is 24.4. The molecule has 1 N–H and O–H groups in total. The fourth-order valence-electron chi connectivity index (χ4n) is 2.51. The number of fused-ring (bicyclic) bond motifs is 1. The summed E-state index contributed by atoms with van der Waals surface area (Å²) in [6, 6.07) is 3.97. The predicted molar refractivity (Wildman–Crippen MR) is 74.8 cm³/mol. The molecule has 6 nitrogen and oxygen atoms in total. The van der Waals surface area contributed by atoms with Gasteiger partial charge in [-0.3, -0.25) is 4.79 Å². The molecule has 0 radical (unpaired) electrons. The Bertz CT molecular complexity index is 669. The van der Waals surface area contributed by atoms with Crippen molar-refractivity contribution >= 4 is 25.6 Å². The first-order valence-electron chi connectivity index (χ1n) is 6.58. The molecule has 8 heteroatoms. The highest BCUT2D eigenvalue weighted by Crippen LogP contribution is 2.35. The average molecular weight is 332 g/mol. The van der Waals surface area contributed by atoms with Crippen molar-refractivity contribution in [2.75, 3.05) is 13.2 Å². The first kappa shape index (κ1) is 14.6. The highest BCUT2D eigenvalue weighted by molar-refractivity contribution is 8.13. The molecular formula is C13H14ClNO5S. The zero-order chi connectivity index (χ0) is 15.0. The second-order valence-electron chi connectivity index (χ2n) is 5.01. The molecule has 1 fully saturated rings. The van der Waals surface area contributed by atoms with Gasteiger partial charge in [0.15, 0.2) is 0 Å². The molecule has 0 aliphatic carbocycles. The Balaban J connectivity index is 1.80. The van der Waals surface area contributed by atoms with Gasteiger partial charge in [0.25, 0.3) is 9.05 Å². The lowest BCUT2D eigenvalue weighted by atomic mass is 10.1. The molecule has 0 aromatic heterocycles. The Labute approximate surface area is 126 Å². The molecule has 0 saturated carbocycles. The number of amides is 1. The zero-order valence-corrected chi connectivity index (χ0v) is 12.6. The van der Waals surface area contributed by atoms with Crippen molar-refractivity contribution in [2.24, 2.45) is 0 Å². The molecule has 3 rings (SSSR count). The van der Waals surface area contributed by atoms with Crippen molar-refractivity contribution < 1.29 is 22.7 Å². The quantitative estimate of drug-likeness (QED) is 0.845. The van der Waals surface area contributed by atoms with E-state index < -0.39 is 21.2 Å². The highest BCUT2D eigenvalue weighted by atomic mass is 35.7. The summed E-state index contributed by atoms with van der Waals surface area (Å²) in [5.41, 5.74) is 0.614. The minimum absolute atomic E-state index is 0.00946. The van der Waals surface area contributed by atoms with Gasteiger partial charge in [-0.2, -0.15) is 0 Å². The molecule has 0 bridgehead atoms. The number of hydrogen-bond acceptors (Lipinski definition) is 5. The monoisotopic (exact) mass is 331 g/mol. The third kappa shape index (κ3) is 3.00. The fraction of sp³-hybridized carbons (Fsp3) is 0.462. The fourth-order valence-corrected chi connectivity index (χ4v) is 3.30. The van der Waals surface area contributed by atoms with Crippen molar-refractivity contribution in [3.8, 4) is 5.75 Å². The van der Waals surface area contributed by atoms with Crippen LogP contribution in [0.25, 0.3) is 0 Å². The van der Waals surface area contributed by atoms with Crippen LogP contribution in [-0.4, -0.2) is 33.6 Å². The Kier molecular flexibility index (Phi) is 3.81. The minimum Gasteiger partial charge on any atom is -0.491 e. The molecule has 1 aromatic rings. The van der Waals surface area contributed by atoms with Crippen molar-refractivity contribution in [3.63, 3.8) is 0 Å². The molecule has 2 aliphatic rings. The lowest BCUT2D eigenvalue weighted by molar-refractivity contribution is -0.130. The van der Waals surface area contributed by atoms with Crippen LogP contribution in [0.1, 0.15) is 24.4 Å². The standard InChI is InChI=1S/C13H14ClNO5S/c14-21(17,18)8-3-4-11-9(6-8)10(7-20-11)15-13(16)12-2-1-5-19-12/h3-4,6,10,12H,1-2,5,7H2,(H,15,16). The van der Waals surface area contributed by atoms with E-state index in [4.69, 9.17) is 20.2 Å². The van der Waals surface area contributed by atoms with E-state index in [2.05, 4.69) is 5.32 Å². The van der Waals surface area contributed by atoms with Crippen molar-refractivity contribution in [2.45, 2.75) is 29.9 Å². The predicted octanol–water partition coefficient (Wildman–Crippen LogP) is 1.34. The molecule has 2 atom stereocenters. The molecule has 1 aromatic carbocycles. The van der Waals surface area contributed by atoms with E-state index in [1.54, 1.807) is 6.07 Å². The van der Waals surface area contributed by atoms with Crippen LogP contribution in [0.3, 0.4) is 0 Å². The summed E-state index contributed by atoms with van der Waals surface area (Å²) in [6.07, 6.45) is 1.13. The number of ether oxygens (including phenoxy) is 2. The van der Waals surface area contributed by atoms with Crippen LogP contribution < -0.4 is 10.1 Å². The lowest BCUT2D eigenvalue weighted by Gasteiger charge is -2.15. The zero-order valence-electron chi connectivity index (χ0n) is 11.0. The van der Waals surface area contributed by atoms with Crippen molar-refractivity contribution in [1.82, 2.24) is 5.32 Å². The minimum atomic E-state index is -3.81. The number of benzene rings is 1. The van der Waals surface area contributed by atoms with E-state index in [1.165, 1.54) is 12.1 Å². The number of hydrogen-bond donors (Lipinski definition) is 1. The van der Waals surface area contributed by atoms with Crippen LogP contribution in [0.5, 0.6) is 5.75 Å². The van der Waals surface area contributed by atoms with Gasteiger partial charge in [-0.05, 0) is 31.0 Å². The molecule has 0 spiro atoms. The molecule has 2 heterocycles. The summed E-state index contributed by atoms with van der Waals surface area (Å²) in [4.78, 5) is 12.0. The summed E-state index contributed by atoms with van der Waals surface area (Å²) in [5, 5.41) is 2.83. The first-order chi connectivity index (χ1) is 9.95. The SMILES string of the molecule is O=C(NC1COc2ccc(S(=O)(=O)Cl)cc21)C1CCCO1. The number of carbonyl (C=O) groups is 1. The molecule has 21 heavy (non-hydrogen) atoms. The molecule has 1 saturated heterocycles. The maximum Gasteiger partial charge on any atom is 0.261 e. The topological polar surface area (TPSA) is 81.7 Å². The summed E-state index contributed by atoms with van der Waals surface area (Å²) >= 11 is 0. The smallest absolute Gasteiger partial charge is 0.261 e. The van der Waals surface area contributed by atoms with E-state index in [0.717, 1.165) is 6.42 Å². The second-order valence-corrected chi connectivity index (χ2v) is 7.58. The van der Waals surface area contributed by atoms with Gasteiger partial charge in [0.1, 0.15) is 18.5 Å². The second kappa shape index (κ2) is 5.47. The first-order valence-corrected chi connectivity index (χ1v) is 8.89. The number of nitrogens with one attached hydrogen (secondary N) is 1. The van der Waals surface area contributed by atoms with Crippen LogP contribution in [0.4, 0.5) is 0 Å². The Morgan fingerprint density at radius 1 is 1.38 bits per heavy atom. The molecule has 114 valence electrons. The van der Waals surface area contributed by atoms with Crippen molar-refractivity contribution in [3.05, 3.63) is 23.8 Å². The van der Waals surface area contributed by atoms with Gasteiger partial charge in [-0.25, -0.2) is 8.42 Å². The van der Waals surface area contributed by atoms with E-state index in [-0.39, 0.29) is 17.4 Å². The van der Waals surface area contributed by atoms with Gasteiger partial charge in [0.05, 0.1) is 10.9 Å². The molecule has 1 amide bonds. The van der Waals surface area contributed by atoms with Gasteiger partial charge >= 0.3 is 0 Å². The summed E-state index contributed by atoms with van der Waals surface area (Å²) in [7, 11) is 1.53. The third-order valence-corrected chi connectivity index (χ3v) is 4.93. The average Bonchev–Trinajstić information content (AvgIpc) is 3.07. The van der Waals surface area contributed by atoms with Crippen LogP contribution >= 0.6 is 10.7 Å². The van der Waals surface area contributed by atoms with Gasteiger partial charge in [-0.1, -0.05) is 0 Å². The maximum absolute atomic E-state index is 12.1. The number of halogens is 1. The molecule has 2 aliphatic heterocycles. The number of rotatable bonds is 3. The van der Waals surface area contributed by atoms with E-state index in [9.17, 15) is 13.2 Å². The largest absolute Gasteiger partial charge is 0.491 e. The van der Waals surface area contributed by atoms with Crippen LogP contribution in [0.15, 0.2) is 23.1 Å². The van der Waals surface area contributed by atoms with Gasteiger partial charge in [0.2, 0.25) is 5.91 Å². The lowest BCUT2D eigenvalue weighted by Crippen LogP contribution is -2.37. The van der Waals surface area contributed by atoms with E-state index in [0.29, 0.717) is 24.3 Å². The summed E-state index contributed by atoms with van der Waals surface area (Å²) < 4.78 is 33.5. The van der Waals surface area contributed by atoms with Crippen LogP contribution in [0.2, 0.25) is 0 Å². The van der Waals surface area contributed by atoms with Gasteiger partial charge < -0.3 is 14.8 Å². The molecule has 2 unspecified atom stereocenters. The third-order valence-electron chi connectivity index (χ3n) is 3.58. The molecular weight excluding hydrogens is 318 g/mol. The van der Waals surface area contributed by atoms with E-state index >= 15 is 0 Å². The van der Waals surface area contributed by atoms with Gasteiger partial charge in [-0.15, -0.1) is 0 Å². The summed E-state index contributed by atoms with van der Waals surface area (Å²) in [5.74, 6) is 0.352. The maximum atomic E-state index is 12.1. The summed E-state index contributed by atoms with van der Waals surface area (Å²) in [6.45, 7) is 0.851. The van der Waals surface area contributed by atoms with Crippen LogP contribution in [-0.2, 0) is 18.6 Å². The van der Waals surface area contributed by atoms with Crippen LogP contribution in [0, 0.1) is 0 Å². The Morgan fingerprint density at radius 2 is 2.19 bits per heavy atom. The van der Waals surface area contributed by atoms with E-state index in [1.807, 2.05) is 0 Å². The van der Waals surface area contributed by atoms with Gasteiger partial charge in [0, 0.05) is 22.9 Å². The Hall–Kier alpha value is -1.31. The number of carbonyl (C=O) groups excluding carboxylic acids is 1. The van der Waals surface area contributed by atoms with Crippen molar-refractivity contribution in [1.29, 1.82) is 0 Å².